The molecule has 0 amide bonds. The van der Waals surface area contributed by atoms with Gasteiger partial charge in [-0.3, -0.25) is 0 Å². The van der Waals surface area contributed by atoms with E-state index in [0.717, 1.165) is 19.4 Å². The number of terminal acetylenes is 1. The third-order valence-electron chi connectivity index (χ3n) is 2.14. The highest BCUT2D eigenvalue weighted by Crippen LogP contribution is 2.14. The molecule has 0 saturated heterocycles. The van der Waals surface area contributed by atoms with Crippen LogP contribution in [-0.2, 0) is 6.54 Å². The highest BCUT2D eigenvalue weighted by Gasteiger charge is 2.13. The molecule has 0 fully saturated rings. The zero-order valence-corrected chi connectivity index (χ0v) is 9.25. The highest BCUT2D eigenvalue weighted by atomic mass is 16.4. The van der Waals surface area contributed by atoms with E-state index in [4.69, 9.17) is 15.9 Å². The molecule has 1 heterocycles. The number of carboxylic acids is 1. The van der Waals surface area contributed by atoms with Crippen LogP contribution in [-0.4, -0.2) is 17.6 Å². The second-order valence-corrected chi connectivity index (χ2v) is 3.51. The summed E-state index contributed by atoms with van der Waals surface area (Å²) in [4.78, 5) is 10.7. The Balaban J connectivity index is 2.41. The van der Waals surface area contributed by atoms with Gasteiger partial charge in [0.25, 0.3) is 0 Å². The number of aryl methyl sites for hydroxylation is 1. The largest absolute Gasteiger partial charge is 0.475 e. The number of hydrogen-bond donors (Lipinski definition) is 2. The Kier molecular flexibility index (Phi) is 4.62. The molecule has 1 aromatic heterocycles. The predicted molar refractivity (Wildman–Crippen MR) is 60.2 cm³/mol. The number of furan rings is 1. The number of aromatic carboxylic acids is 1. The molecule has 0 aliphatic heterocycles. The Morgan fingerprint density at radius 2 is 2.44 bits per heavy atom. The molecule has 0 saturated carbocycles. The van der Waals surface area contributed by atoms with Crippen LogP contribution in [0.3, 0.4) is 0 Å². The van der Waals surface area contributed by atoms with Gasteiger partial charge in [-0.25, -0.2) is 4.79 Å². The maximum atomic E-state index is 10.7. The normalized spacial score (nSPS) is 10.0. The molecule has 1 aromatic rings. The number of rotatable bonds is 6. The fourth-order valence-corrected chi connectivity index (χ4v) is 1.37. The van der Waals surface area contributed by atoms with Crippen molar-refractivity contribution in [2.45, 2.75) is 26.3 Å². The minimum atomic E-state index is -1.03. The average molecular weight is 221 g/mol. The fraction of sp³-hybridized carbons (Fsp3) is 0.417. The number of unbranched alkanes of at least 4 members (excludes halogenated alkanes) is 1. The first-order chi connectivity index (χ1) is 7.65. The first-order valence-corrected chi connectivity index (χ1v) is 5.12. The second kappa shape index (κ2) is 5.99. The molecular weight excluding hydrogens is 206 g/mol. The van der Waals surface area contributed by atoms with E-state index in [-0.39, 0.29) is 5.76 Å². The topological polar surface area (TPSA) is 62.5 Å². The zero-order valence-electron chi connectivity index (χ0n) is 9.25. The molecule has 4 heteroatoms. The van der Waals surface area contributed by atoms with Crippen molar-refractivity contribution >= 4 is 5.97 Å². The van der Waals surface area contributed by atoms with Crippen LogP contribution in [0.15, 0.2) is 10.5 Å². The molecule has 16 heavy (non-hydrogen) atoms. The summed E-state index contributed by atoms with van der Waals surface area (Å²) >= 11 is 0. The molecular formula is C12H15NO3. The van der Waals surface area contributed by atoms with Crippen molar-refractivity contribution in [2.75, 3.05) is 6.54 Å². The Labute approximate surface area is 94.7 Å². The number of carboxylic acid groups (broad SMARTS) is 1. The van der Waals surface area contributed by atoms with E-state index >= 15 is 0 Å². The van der Waals surface area contributed by atoms with Crippen LogP contribution in [0.1, 0.15) is 34.7 Å². The van der Waals surface area contributed by atoms with Crippen LogP contribution in [0.25, 0.3) is 0 Å². The number of hydrogen-bond acceptors (Lipinski definition) is 3. The lowest BCUT2D eigenvalue weighted by Crippen LogP contribution is -2.13. The highest BCUT2D eigenvalue weighted by molar-refractivity contribution is 5.86. The molecule has 0 radical (unpaired) electrons. The van der Waals surface area contributed by atoms with Gasteiger partial charge in [-0.15, -0.1) is 12.3 Å². The Hall–Kier alpha value is -1.73. The summed E-state index contributed by atoms with van der Waals surface area (Å²) in [6.07, 6.45) is 6.76. The van der Waals surface area contributed by atoms with Crippen LogP contribution < -0.4 is 5.32 Å². The molecule has 0 aromatic carbocycles. The van der Waals surface area contributed by atoms with E-state index in [0.29, 0.717) is 17.9 Å². The summed E-state index contributed by atoms with van der Waals surface area (Å²) in [5.74, 6) is 2.17. The van der Waals surface area contributed by atoms with E-state index in [2.05, 4.69) is 11.2 Å². The maximum absolute atomic E-state index is 10.7. The summed E-state index contributed by atoms with van der Waals surface area (Å²) in [6, 6.07) is 1.73. The molecule has 1 rings (SSSR count). The summed E-state index contributed by atoms with van der Waals surface area (Å²) in [6.45, 7) is 3.04. The summed E-state index contributed by atoms with van der Waals surface area (Å²) in [5, 5.41) is 11.9. The lowest BCUT2D eigenvalue weighted by Gasteiger charge is -1.99. The van der Waals surface area contributed by atoms with Gasteiger partial charge in [0.15, 0.2) is 0 Å². The minimum Gasteiger partial charge on any atom is -0.475 e. The van der Waals surface area contributed by atoms with Crippen LogP contribution in [0, 0.1) is 19.3 Å². The summed E-state index contributed by atoms with van der Waals surface area (Å²) in [5.41, 5.74) is 0.646. The van der Waals surface area contributed by atoms with E-state index in [9.17, 15) is 4.79 Å². The fourth-order valence-electron chi connectivity index (χ4n) is 1.37. The van der Waals surface area contributed by atoms with Crippen molar-refractivity contribution < 1.29 is 14.3 Å². The zero-order chi connectivity index (χ0) is 12.0. The third-order valence-corrected chi connectivity index (χ3v) is 2.14. The smallest absolute Gasteiger partial charge is 0.372 e. The van der Waals surface area contributed by atoms with Crippen LogP contribution in [0.4, 0.5) is 0 Å². The van der Waals surface area contributed by atoms with Gasteiger partial charge in [0.1, 0.15) is 5.76 Å². The van der Waals surface area contributed by atoms with Crippen molar-refractivity contribution in [2.24, 2.45) is 0 Å². The SMILES string of the molecule is C#CCCCNCc1cc(C)c(C(=O)O)o1. The van der Waals surface area contributed by atoms with Gasteiger partial charge in [-0.05, 0) is 26.0 Å². The van der Waals surface area contributed by atoms with Gasteiger partial charge in [0.2, 0.25) is 5.76 Å². The van der Waals surface area contributed by atoms with E-state index in [1.807, 2.05) is 0 Å². The van der Waals surface area contributed by atoms with Gasteiger partial charge in [-0.1, -0.05) is 0 Å². The van der Waals surface area contributed by atoms with Gasteiger partial charge < -0.3 is 14.8 Å². The Morgan fingerprint density at radius 1 is 1.69 bits per heavy atom. The van der Waals surface area contributed by atoms with Crippen molar-refractivity contribution in [3.63, 3.8) is 0 Å². The lowest BCUT2D eigenvalue weighted by atomic mass is 10.2. The van der Waals surface area contributed by atoms with Gasteiger partial charge in [-0.2, -0.15) is 0 Å². The molecule has 0 spiro atoms. The second-order valence-electron chi connectivity index (χ2n) is 3.51. The van der Waals surface area contributed by atoms with Gasteiger partial charge in [0, 0.05) is 12.0 Å². The van der Waals surface area contributed by atoms with Gasteiger partial charge in [0.05, 0.1) is 6.54 Å². The monoisotopic (exact) mass is 221 g/mol. The number of carbonyl (C=O) groups is 1. The summed E-state index contributed by atoms with van der Waals surface area (Å²) < 4.78 is 5.18. The lowest BCUT2D eigenvalue weighted by molar-refractivity contribution is 0.0659. The minimum absolute atomic E-state index is 0.0143. The molecule has 0 aliphatic carbocycles. The van der Waals surface area contributed by atoms with E-state index < -0.39 is 5.97 Å². The third kappa shape index (κ3) is 3.44. The molecule has 2 N–H and O–H groups in total. The van der Waals surface area contributed by atoms with Gasteiger partial charge >= 0.3 is 5.97 Å². The molecule has 0 atom stereocenters. The van der Waals surface area contributed by atoms with E-state index in [1.165, 1.54) is 0 Å². The van der Waals surface area contributed by atoms with Crippen LogP contribution in [0.2, 0.25) is 0 Å². The maximum Gasteiger partial charge on any atom is 0.372 e. The molecule has 86 valence electrons. The molecule has 4 nitrogen and oxygen atoms in total. The van der Waals surface area contributed by atoms with Crippen molar-refractivity contribution in [3.8, 4) is 12.3 Å². The van der Waals surface area contributed by atoms with Crippen molar-refractivity contribution in [1.29, 1.82) is 0 Å². The van der Waals surface area contributed by atoms with Crippen molar-refractivity contribution in [1.82, 2.24) is 5.32 Å². The Bertz CT molecular complexity index is 401. The summed E-state index contributed by atoms with van der Waals surface area (Å²) in [7, 11) is 0. The van der Waals surface area contributed by atoms with E-state index in [1.54, 1.807) is 13.0 Å². The average Bonchev–Trinajstić information content (AvgIpc) is 2.59. The quantitative estimate of drug-likeness (QED) is 0.568. The van der Waals surface area contributed by atoms with Crippen LogP contribution in [0.5, 0.6) is 0 Å². The van der Waals surface area contributed by atoms with Crippen LogP contribution >= 0.6 is 0 Å². The number of nitrogens with one attached hydrogen (secondary N) is 1. The Morgan fingerprint density at radius 3 is 3.00 bits per heavy atom. The molecule has 0 unspecified atom stereocenters. The standard InChI is InChI=1S/C12H15NO3/c1-3-4-5-6-13-8-10-7-9(2)11(16-10)12(14)15/h1,7,13H,4-6,8H2,2H3,(H,14,15). The predicted octanol–water partition coefficient (Wildman–Crippen LogP) is 1.79. The van der Waals surface area contributed by atoms with Crippen molar-refractivity contribution in [3.05, 3.63) is 23.2 Å². The molecule has 0 bridgehead atoms. The molecule has 0 aliphatic rings. The first kappa shape index (κ1) is 12.3. The first-order valence-electron chi connectivity index (χ1n) is 5.12.